The molecule has 2 rings (SSSR count). The highest BCUT2D eigenvalue weighted by molar-refractivity contribution is 6.05. The number of rotatable bonds is 1. The lowest BCUT2D eigenvalue weighted by atomic mass is 9.86. The van der Waals surface area contributed by atoms with E-state index < -0.39 is 5.41 Å². The zero-order chi connectivity index (χ0) is 12.6. The maximum absolute atomic E-state index is 12.2. The van der Waals surface area contributed by atoms with Gasteiger partial charge in [-0.1, -0.05) is 39.0 Å². The molecule has 0 atom stereocenters. The SMILES string of the molecule is CC(C)(C)C(=O)c1cc2ccccc2nc1N. The number of ketones is 1. The second-order valence-corrected chi connectivity index (χ2v) is 5.19. The second kappa shape index (κ2) is 3.84. The van der Waals surface area contributed by atoms with E-state index in [1.807, 2.05) is 51.1 Å². The number of fused-ring (bicyclic) bond motifs is 1. The molecule has 0 aliphatic heterocycles. The lowest BCUT2D eigenvalue weighted by Gasteiger charge is -2.17. The normalized spacial score (nSPS) is 11.7. The molecule has 0 unspecified atom stereocenters. The van der Waals surface area contributed by atoms with E-state index in [0.717, 1.165) is 10.9 Å². The predicted octanol–water partition coefficient (Wildman–Crippen LogP) is 3.05. The Labute approximate surface area is 101 Å². The number of nitrogens with zero attached hydrogens (tertiary/aromatic N) is 1. The molecular formula is C14H16N2O. The summed E-state index contributed by atoms with van der Waals surface area (Å²) in [4.78, 5) is 16.5. The Bertz CT molecular complexity index is 582. The van der Waals surface area contributed by atoms with Crippen LogP contribution in [0.1, 0.15) is 31.1 Å². The van der Waals surface area contributed by atoms with Crippen molar-refractivity contribution in [2.24, 2.45) is 5.41 Å². The molecule has 1 heterocycles. The molecule has 3 heteroatoms. The minimum absolute atomic E-state index is 0.0215. The third-order valence-corrected chi connectivity index (χ3v) is 2.68. The van der Waals surface area contributed by atoms with Gasteiger partial charge < -0.3 is 5.73 Å². The van der Waals surface area contributed by atoms with E-state index in [9.17, 15) is 4.79 Å². The summed E-state index contributed by atoms with van der Waals surface area (Å²) in [5.41, 5.74) is 6.73. The number of nitrogen functional groups attached to an aromatic ring is 1. The maximum atomic E-state index is 12.2. The average Bonchev–Trinajstić information content (AvgIpc) is 2.26. The molecule has 3 nitrogen and oxygen atoms in total. The molecule has 0 radical (unpaired) electrons. The molecule has 0 aliphatic carbocycles. The van der Waals surface area contributed by atoms with Crippen LogP contribution in [0.5, 0.6) is 0 Å². The lowest BCUT2D eigenvalue weighted by Crippen LogP contribution is -2.21. The van der Waals surface area contributed by atoms with Crippen LogP contribution in [0.25, 0.3) is 10.9 Å². The van der Waals surface area contributed by atoms with Gasteiger partial charge in [0.25, 0.3) is 0 Å². The van der Waals surface area contributed by atoms with Crippen LogP contribution in [-0.2, 0) is 0 Å². The van der Waals surface area contributed by atoms with Gasteiger partial charge in [0.1, 0.15) is 5.82 Å². The maximum Gasteiger partial charge on any atom is 0.171 e. The number of hydrogen-bond acceptors (Lipinski definition) is 3. The first-order chi connectivity index (χ1) is 7.89. The van der Waals surface area contributed by atoms with Crippen molar-refractivity contribution in [1.29, 1.82) is 0 Å². The summed E-state index contributed by atoms with van der Waals surface area (Å²) in [6.45, 7) is 5.64. The van der Waals surface area contributed by atoms with Crippen LogP contribution < -0.4 is 5.73 Å². The van der Waals surface area contributed by atoms with Crippen LogP contribution in [0.15, 0.2) is 30.3 Å². The van der Waals surface area contributed by atoms with Gasteiger partial charge in [-0.3, -0.25) is 4.79 Å². The Hall–Kier alpha value is -1.90. The molecule has 2 aromatic rings. The Morgan fingerprint density at radius 3 is 2.53 bits per heavy atom. The van der Waals surface area contributed by atoms with E-state index in [2.05, 4.69) is 4.98 Å². The molecule has 0 saturated carbocycles. The number of aromatic nitrogens is 1. The number of hydrogen-bond donors (Lipinski definition) is 1. The Morgan fingerprint density at radius 2 is 1.88 bits per heavy atom. The van der Waals surface area contributed by atoms with Crippen LogP contribution in [0, 0.1) is 5.41 Å². The van der Waals surface area contributed by atoms with Crippen molar-refractivity contribution in [2.75, 3.05) is 5.73 Å². The third kappa shape index (κ3) is 2.13. The largest absolute Gasteiger partial charge is 0.383 e. The van der Waals surface area contributed by atoms with Crippen molar-refractivity contribution >= 4 is 22.5 Å². The highest BCUT2D eigenvalue weighted by Gasteiger charge is 2.25. The summed E-state index contributed by atoms with van der Waals surface area (Å²) >= 11 is 0. The fourth-order valence-electron chi connectivity index (χ4n) is 1.72. The quantitative estimate of drug-likeness (QED) is 0.763. The molecule has 17 heavy (non-hydrogen) atoms. The van der Waals surface area contributed by atoms with E-state index >= 15 is 0 Å². The van der Waals surface area contributed by atoms with Crippen molar-refractivity contribution in [3.63, 3.8) is 0 Å². The molecule has 1 aromatic carbocycles. The summed E-state index contributed by atoms with van der Waals surface area (Å²) in [6, 6.07) is 9.47. The zero-order valence-electron chi connectivity index (χ0n) is 10.3. The van der Waals surface area contributed by atoms with Crippen LogP contribution in [0.4, 0.5) is 5.82 Å². The fourth-order valence-corrected chi connectivity index (χ4v) is 1.72. The number of pyridine rings is 1. The molecule has 0 spiro atoms. The van der Waals surface area contributed by atoms with E-state index in [0.29, 0.717) is 11.4 Å². The molecule has 88 valence electrons. The molecule has 1 aromatic heterocycles. The second-order valence-electron chi connectivity index (χ2n) is 5.19. The lowest BCUT2D eigenvalue weighted by molar-refractivity contribution is 0.0859. The van der Waals surface area contributed by atoms with Crippen LogP contribution in [0.2, 0.25) is 0 Å². The smallest absolute Gasteiger partial charge is 0.171 e. The molecule has 2 N–H and O–H groups in total. The number of para-hydroxylation sites is 1. The minimum Gasteiger partial charge on any atom is -0.383 e. The van der Waals surface area contributed by atoms with Gasteiger partial charge in [-0.2, -0.15) is 0 Å². The summed E-state index contributed by atoms with van der Waals surface area (Å²) in [5.74, 6) is 0.330. The third-order valence-electron chi connectivity index (χ3n) is 2.68. The highest BCUT2D eigenvalue weighted by atomic mass is 16.1. The average molecular weight is 228 g/mol. The topological polar surface area (TPSA) is 56.0 Å². The molecule has 0 fully saturated rings. The predicted molar refractivity (Wildman–Crippen MR) is 69.9 cm³/mol. The van der Waals surface area contributed by atoms with Crippen molar-refractivity contribution in [1.82, 2.24) is 4.98 Å². The molecule has 0 amide bonds. The first kappa shape index (κ1) is 11.6. The minimum atomic E-state index is -0.446. The van der Waals surface area contributed by atoms with Gasteiger partial charge in [-0.25, -0.2) is 4.98 Å². The number of benzene rings is 1. The van der Waals surface area contributed by atoms with Gasteiger partial charge in [0, 0.05) is 10.8 Å². The van der Waals surface area contributed by atoms with Gasteiger partial charge in [0.05, 0.1) is 11.1 Å². The zero-order valence-corrected chi connectivity index (χ0v) is 10.3. The van der Waals surface area contributed by atoms with Gasteiger partial charge in [-0.15, -0.1) is 0 Å². The highest BCUT2D eigenvalue weighted by Crippen LogP contribution is 2.26. The monoisotopic (exact) mass is 228 g/mol. The van der Waals surface area contributed by atoms with Crippen LogP contribution in [-0.4, -0.2) is 10.8 Å². The van der Waals surface area contributed by atoms with Gasteiger partial charge in [0.2, 0.25) is 0 Å². The van der Waals surface area contributed by atoms with Crippen molar-refractivity contribution in [3.05, 3.63) is 35.9 Å². The Balaban J connectivity index is 2.63. The van der Waals surface area contributed by atoms with Gasteiger partial charge in [-0.05, 0) is 12.1 Å². The number of carbonyl (C=O) groups is 1. The van der Waals surface area contributed by atoms with Gasteiger partial charge >= 0.3 is 0 Å². The first-order valence-electron chi connectivity index (χ1n) is 5.59. The van der Waals surface area contributed by atoms with Crippen molar-refractivity contribution in [2.45, 2.75) is 20.8 Å². The Kier molecular flexibility index (Phi) is 2.62. The first-order valence-corrected chi connectivity index (χ1v) is 5.59. The van der Waals surface area contributed by atoms with Crippen LogP contribution in [0.3, 0.4) is 0 Å². The summed E-state index contributed by atoms with van der Waals surface area (Å²) < 4.78 is 0. The van der Waals surface area contributed by atoms with Crippen molar-refractivity contribution in [3.8, 4) is 0 Å². The molecule has 0 aliphatic rings. The summed E-state index contributed by atoms with van der Waals surface area (Å²) in [7, 11) is 0. The molecular weight excluding hydrogens is 212 g/mol. The fraction of sp³-hybridized carbons (Fsp3) is 0.286. The van der Waals surface area contributed by atoms with E-state index in [1.165, 1.54) is 0 Å². The van der Waals surface area contributed by atoms with E-state index in [-0.39, 0.29) is 5.78 Å². The number of Topliss-reactive ketones (excluding diaryl/α,β-unsaturated/α-hetero) is 1. The summed E-state index contributed by atoms with van der Waals surface area (Å²) in [6.07, 6.45) is 0. The number of nitrogens with two attached hydrogens (primary N) is 1. The van der Waals surface area contributed by atoms with E-state index in [4.69, 9.17) is 5.73 Å². The Morgan fingerprint density at radius 1 is 1.24 bits per heavy atom. The molecule has 0 saturated heterocycles. The standard InChI is InChI=1S/C14H16N2O/c1-14(2,3)12(17)10-8-9-6-4-5-7-11(9)16-13(10)15/h4-8H,1-3H3,(H2,15,16). The van der Waals surface area contributed by atoms with Gasteiger partial charge in [0.15, 0.2) is 5.78 Å². The van der Waals surface area contributed by atoms with E-state index in [1.54, 1.807) is 0 Å². The number of anilines is 1. The molecule has 0 bridgehead atoms. The summed E-state index contributed by atoms with van der Waals surface area (Å²) in [5, 5.41) is 0.939. The van der Waals surface area contributed by atoms with Crippen LogP contribution >= 0.6 is 0 Å². The number of carbonyl (C=O) groups excluding carboxylic acids is 1. The van der Waals surface area contributed by atoms with Crippen molar-refractivity contribution < 1.29 is 4.79 Å².